The zero-order valence-corrected chi connectivity index (χ0v) is 11.5. The number of urea groups is 1. The number of carboxylic acids is 1. The van der Waals surface area contributed by atoms with Crippen molar-refractivity contribution in [2.24, 2.45) is 11.8 Å². The molecule has 5 nitrogen and oxygen atoms in total. The van der Waals surface area contributed by atoms with E-state index >= 15 is 0 Å². The summed E-state index contributed by atoms with van der Waals surface area (Å²) in [5, 5.41) is 12.0. The lowest BCUT2D eigenvalue weighted by Crippen LogP contribution is -2.44. The summed E-state index contributed by atoms with van der Waals surface area (Å²) in [5.74, 6) is -1.21. The first-order valence-corrected chi connectivity index (χ1v) is 6.77. The molecule has 1 unspecified atom stereocenters. The van der Waals surface area contributed by atoms with E-state index in [4.69, 9.17) is 5.11 Å². The number of amides is 2. The zero-order valence-electron chi connectivity index (χ0n) is 11.5. The molecule has 1 aliphatic rings. The van der Waals surface area contributed by atoms with Crippen molar-refractivity contribution in [2.45, 2.75) is 46.1 Å². The Kier molecular flexibility index (Phi) is 5.44. The van der Waals surface area contributed by atoms with Crippen LogP contribution in [0.1, 0.15) is 40.0 Å². The molecule has 104 valence electrons. The van der Waals surface area contributed by atoms with Gasteiger partial charge in [0.05, 0.1) is 5.92 Å². The van der Waals surface area contributed by atoms with E-state index in [1.54, 1.807) is 4.90 Å². The highest BCUT2D eigenvalue weighted by Gasteiger charge is 2.37. The molecule has 1 aliphatic heterocycles. The molecule has 2 amide bonds. The van der Waals surface area contributed by atoms with Crippen LogP contribution in [0.15, 0.2) is 0 Å². The first kappa shape index (κ1) is 14.8. The Morgan fingerprint density at radius 3 is 2.50 bits per heavy atom. The standard InChI is InChI=1S/C13H24N2O3/c1-4-6-10(5-2)14-13(18)15-7-9(3)11(8-15)12(16)17/h9-11H,4-8H2,1-3H3,(H,14,18)(H,16,17)/t9-,10?,11-/m1/s1. The van der Waals surface area contributed by atoms with Crippen LogP contribution in [0.25, 0.3) is 0 Å². The zero-order chi connectivity index (χ0) is 13.7. The Hall–Kier alpha value is -1.26. The van der Waals surface area contributed by atoms with Crippen LogP contribution < -0.4 is 5.32 Å². The maximum absolute atomic E-state index is 12.0. The SMILES string of the molecule is CCCC(CC)NC(=O)N1C[C@@H](C)[C@H](C(=O)O)C1. The fraction of sp³-hybridized carbons (Fsp3) is 0.846. The number of hydrogen-bond acceptors (Lipinski definition) is 2. The van der Waals surface area contributed by atoms with Crippen LogP contribution >= 0.6 is 0 Å². The topological polar surface area (TPSA) is 69.6 Å². The van der Waals surface area contributed by atoms with Crippen molar-refractivity contribution in [1.82, 2.24) is 10.2 Å². The largest absolute Gasteiger partial charge is 0.481 e. The Morgan fingerprint density at radius 1 is 1.39 bits per heavy atom. The maximum Gasteiger partial charge on any atom is 0.317 e. The summed E-state index contributed by atoms with van der Waals surface area (Å²) >= 11 is 0. The number of nitrogens with zero attached hydrogens (tertiary/aromatic N) is 1. The van der Waals surface area contributed by atoms with Gasteiger partial charge in [0.1, 0.15) is 0 Å². The summed E-state index contributed by atoms with van der Waals surface area (Å²) in [6, 6.07) is 0.0765. The van der Waals surface area contributed by atoms with Gasteiger partial charge in [-0.25, -0.2) is 4.79 Å². The van der Waals surface area contributed by atoms with Gasteiger partial charge in [0.15, 0.2) is 0 Å². The van der Waals surface area contributed by atoms with E-state index in [2.05, 4.69) is 12.2 Å². The van der Waals surface area contributed by atoms with Gasteiger partial charge in [0.25, 0.3) is 0 Å². The Morgan fingerprint density at radius 2 is 2.06 bits per heavy atom. The van der Waals surface area contributed by atoms with Gasteiger partial charge in [-0.3, -0.25) is 4.79 Å². The quantitative estimate of drug-likeness (QED) is 0.789. The maximum atomic E-state index is 12.0. The lowest BCUT2D eigenvalue weighted by molar-refractivity contribution is -0.142. The normalized spacial score (nSPS) is 24.9. The summed E-state index contributed by atoms with van der Waals surface area (Å²) in [6.45, 7) is 6.88. The monoisotopic (exact) mass is 256 g/mol. The molecule has 0 saturated carbocycles. The van der Waals surface area contributed by atoms with E-state index in [-0.39, 0.29) is 18.0 Å². The fourth-order valence-corrected chi connectivity index (χ4v) is 2.45. The summed E-state index contributed by atoms with van der Waals surface area (Å²) in [6.07, 6.45) is 2.91. The minimum Gasteiger partial charge on any atom is -0.481 e. The highest BCUT2D eigenvalue weighted by Crippen LogP contribution is 2.23. The molecule has 0 aromatic heterocycles. The number of aliphatic carboxylic acids is 1. The number of hydrogen-bond donors (Lipinski definition) is 2. The average Bonchev–Trinajstić information content (AvgIpc) is 2.70. The van der Waals surface area contributed by atoms with E-state index in [0.717, 1.165) is 19.3 Å². The van der Waals surface area contributed by atoms with Crippen LogP contribution in [-0.2, 0) is 4.79 Å². The lowest BCUT2D eigenvalue weighted by atomic mass is 9.99. The van der Waals surface area contributed by atoms with Gasteiger partial charge in [-0.15, -0.1) is 0 Å². The number of carbonyl (C=O) groups is 2. The number of carbonyl (C=O) groups excluding carboxylic acids is 1. The summed E-state index contributed by atoms with van der Waals surface area (Å²) in [5.41, 5.74) is 0. The van der Waals surface area contributed by atoms with Crippen molar-refractivity contribution >= 4 is 12.0 Å². The molecular formula is C13H24N2O3. The smallest absolute Gasteiger partial charge is 0.317 e. The van der Waals surface area contributed by atoms with Crippen LogP contribution in [0.5, 0.6) is 0 Å². The molecule has 0 bridgehead atoms. The summed E-state index contributed by atoms with van der Waals surface area (Å²) in [7, 11) is 0. The molecule has 2 N–H and O–H groups in total. The third-order valence-electron chi connectivity index (χ3n) is 3.67. The molecule has 18 heavy (non-hydrogen) atoms. The van der Waals surface area contributed by atoms with Gasteiger partial charge in [-0.05, 0) is 18.8 Å². The molecule has 1 rings (SSSR count). The Balaban J connectivity index is 2.51. The summed E-state index contributed by atoms with van der Waals surface area (Å²) in [4.78, 5) is 24.7. The van der Waals surface area contributed by atoms with E-state index in [9.17, 15) is 9.59 Å². The van der Waals surface area contributed by atoms with E-state index < -0.39 is 11.9 Å². The van der Waals surface area contributed by atoms with Crippen molar-refractivity contribution in [1.29, 1.82) is 0 Å². The number of nitrogens with one attached hydrogen (secondary N) is 1. The van der Waals surface area contributed by atoms with Crippen molar-refractivity contribution in [2.75, 3.05) is 13.1 Å². The van der Waals surface area contributed by atoms with Gasteiger partial charge < -0.3 is 15.3 Å². The fourth-order valence-electron chi connectivity index (χ4n) is 2.45. The van der Waals surface area contributed by atoms with Crippen LogP contribution in [0.4, 0.5) is 4.79 Å². The highest BCUT2D eigenvalue weighted by atomic mass is 16.4. The second kappa shape index (κ2) is 6.61. The molecule has 0 aromatic rings. The minimum absolute atomic E-state index is 0.0273. The molecule has 0 radical (unpaired) electrons. The van der Waals surface area contributed by atoms with Crippen molar-refractivity contribution in [3.63, 3.8) is 0 Å². The van der Waals surface area contributed by atoms with Crippen molar-refractivity contribution in [3.8, 4) is 0 Å². The first-order valence-electron chi connectivity index (χ1n) is 6.77. The molecule has 5 heteroatoms. The molecule has 3 atom stereocenters. The first-order chi connectivity index (χ1) is 8.49. The highest BCUT2D eigenvalue weighted by molar-refractivity contribution is 5.77. The van der Waals surface area contributed by atoms with Crippen molar-refractivity contribution < 1.29 is 14.7 Å². The molecule has 0 spiro atoms. The van der Waals surface area contributed by atoms with E-state index in [1.165, 1.54) is 0 Å². The van der Waals surface area contributed by atoms with Crippen LogP contribution in [0.2, 0.25) is 0 Å². The van der Waals surface area contributed by atoms with Gasteiger partial charge in [-0.2, -0.15) is 0 Å². The molecular weight excluding hydrogens is 232 g/mol. The van der Waals surface area contributed by atoms with Gasteiger partial charge in [0, 0.05) is 19.1 Å². The van der Waals surface area contributed by atoms with E-state index in [1.807, 2.05) is 13.8 Å². The summed E-state index contributed by atoms with van der Waals surface area (Å²) < 4.78 is 0. The second-order valence-electron chi connectivity index (χ2n) is 5.17. The lowest BCUT2D eigenvalue weighted by Gasteiger charge is -2.22. The predicted molar refractivity (Wildman–Crippen MR) is 69.4 cm³/mol. The molecule has 0 aromatic carbocycles. The average molecular weight is 256 g/mol. The van der Waals surface area contributed by atoms with Crippen LogP contribution in [0, 0.1) is 11.8 Å². The molecule has 1 saturated heterocycles. The number of carboxylic acid groups (broad SMARTS) is 1. The third kappa shape index (κ3) is 3.62. The van der Waals surface area contributed by atoms with E-state index in [0.29, 0.717) is 13.1 Å². The Bertz CT molecular complexity index is 307. The number of likely N-dealkylation sites (tertiary alicyclic amines) is 1. The van der Waals surface area contributed by atoms with Gasteiger partial charge in [-0.1, -0.05) is 27.2 Å². The molecule has 0 aliphatic carbocycles. The predicted octanol–water partition coefficient (Wildman–Crippen LogP) is 1.93. The second-order valence-corrected chi connectivity index (χ2v) is 5.17. The van der Waals surface area contributed by atoms with Crippen molar-refractivity contribution in [3.05, 3.63) is 0 Å². The number of rotatable bonds is 5. The molecule has 1 heterocycles. The molecule has 1 fully saturated rings. The Labute approximate surface area is 109 Å². The van der Waals surface area contributed by atoms with Gasteiger partial charge >= 0.3 is 12.0 Å². The third-order valence-corrected chi connectivity index (χ3v) is 3.67. The van der Waals surface area contributed by atoms with Crippen LogP contribution in [-0.4, -0.2) is 41.1 Å². The van der Waals surface area contributed by atoms with Gasteiger partial charge in [0.2, 0.25) is 0 Å². The minimum atomic E-state index is -0.807. The van der Waals surface area contributed by atoms with Crippen LogP contribution in [0.3, 0.4) is 0 Å².